The topological polar surface area (TPSA) is 51.2 Å². The number of nitrogens with one attached hydrogen (secondary N) is 1. The van der Waals surface area contributed by atoms with Crippen molar-refractivity contribution < 1.29 is 9.53 Å². The molecule has 1 aromatic heterocycles. The summed E-state index contributed by atoms with van der Waals surface area (Å²) in [4.78, 5) is 17.5. The Morgan fingerprint density at radius 1 is 1.30 bits per heavy atom. The standard InChI is InChI=1S/C18H24N2O2S/c1-12(2)11-16-20-13(3)17(23-16)18(21)19-10-9-14-5-7-15(22-4)8-6-14/h5-8,12H,9-11H2,1-4H3,(H,19,21). The third kappa shape index (κ3) is 5.06. The largest absolute Gasteiger partial charge is 0.497 e. The van der Waals surface area contributed by atoms with Crippen LogP contribution in [0.25, 0.3) is 0 Å². The van der Waals surface area contributed by atoms with Gasteiger partial charge in [-0.25, -0.2) is 4.98 Å². The quantitative estimate of drug-likeness (QED) is 0.842. The number of amides is 1. The van der Waals surface area contributed by atoms with Crippen LogP contribution in [-0.2, 0) is 12.8 Å². The molecule has 1 heterocycles. The maximum Gasteiger partial charge on any atom is 0.263 e. The molecule has 1 amide bonds. The van der Waals surface area contributed by atoms with Crippen molar-refractivity contribution >= 4 is 17.2 Å². The van der Waals surface area contributed by atoms with Crippen LogP contribution in [0, 0.1) is 12.8 Å². The highest BCUT2D eigenvalue weighted by molar-refractivity contribution is 7.13. The van der Waals surface area contributed by atoms with Crippen LogP contribution in [0.3, 0.4) is 0 Å². The van der Waals surface area contributed by atoms with Gasteiger partial charge in [-0.3, -0.25) is 4.79 Å². The third-order valence-electron chi connectivity index (χ3n) is 3.49. The fourth-order valence-electron chi connectivity index (χ4n) is 2.29. The van der Waals surface area contributed by atoms with Gasteiger partial charge >= 0.3 is 0 Å². The molecule has 0 saturated carbocycles. The van der Waals surface area contributed by atoms with Crippen molar-refractivity contribution in [3.63, 3.8) is 0 Å². The van der Waals surface area contributed by atoms with Gasteiger partial charge in [0, 0.05) is 13.0 Å². The lowest BCUT2D eigenvalue weighted by Crippen LogP contribution is -2.25. The van der Waals surface area contributed by atoms with E-state index >= 15 is 0 Å². The van der Waals surface area contributed by atoms with Crippen molar-refractivity contribution in [1.29, 1.82) is 0 Å². The number of hydrogen-bond acceptors (Lipinski definition) is 4. The molecule has 2 rings (SSSR count). The molecule has 0 saturated heterocycles. The summed E-state index contributed by atoms with van der Waals surface area (Å²) in [6.45, 7) is 6.83. The van der Waals surface area contributed by atoms with E-state index in [2.05, 4.69) is 24.1 Å². The zero-order valence-electron chi connectivity index (χ0n) is 14.2. The number of aryl methyl sites for hydroxylation is 1. The van der Waals surface area contributed by atoms with Crippen LogP contribution in [0.5, 0.6) is 5.75 Å². The van der Waals surface area contributed by atoms with Gasteiger partial charge in [0.25, 0.3) is 5.91 Å². The first kappa shape index (κ1) is 17.5. The van der Waals surface area contributed by atoms with E-state index in [1.165, 1.54) is 16.9 Å². The number of carbonyl (C=O) groups is 1. The fraction of sp³-hybridized carbons (Fsp3) is 0.444. The highest BCUT2D eigenvalue weighted by atomic mass is 32.1. The van der Waals surface area contributed by atoms with Crippen molar-refractivity contribution in [3.8, 4) is 5.75 Å². The van der Waals surface area contributed by atoms with Crippen LogP contribution in [0.2, 0.25) is 0 Å². The maximum absolute atomic E-state index is 12.3. The molecular weight excluding hydrogens is 308 g/mol. The smallest absolute Gasteiger partial charge is 0.263 e. The van der Waals surface area contributed by atoms with Gasteiger partial charge in [0.15, 0.2) is 0 Å². The molecule has 0 aliphatic carbocycles. The predicted molar refractivity (Wildman–Crippen MR) is 94.4 cm³/mol. The van der Waals surface area contributed by atoms with Gasteiger partial charge in [0.2, 0.25) is 0 Å². The minimum Gasteiger partial charge on any atom is -0.497 e. The number of aromatic nitrogens is 1. The summed E-state index contributed by atoms with van der Waals surface area (Å²) in [5, 5.41) is 4.02. The molecule has 1 N–H and O–H groups in total. The molecule has 0 unspecified atom stereocenters. The number of rotatable bonds is 7. The third-order valence-corrected chi connectivity index (χ3v) is 4.67. The normalized spacial score (nSPS) is 10.8. The first-order valence-corrected chi connectivity index (χ1v) is 8.68. The number of ether oxygens (including phenoxy) is 1. The summed E-state index contributed by atoms with van der Waals surface area (Å²) in [6, 6.07) is 7.90. The lowest BCUT2D eigenvalue weighted by Gasteiger charge is -2.05. The van der Waals surface area contributed by atoms with Crippen LogP contribution in [-0.4, -0.2) is 24.5 Å². The molecule has 0 fully saturated rings. The van der Waals surface area contributed by atoms with E-state index in [9.17, 15) is 4.79 Å². The molecule has 4 nitrogen and oxygen atoms in total. The average molecular weight is 332 g/mol. The fourth-order valence-corrected chi connectivity index (χ4v) is 3.49. The van der Waals surface area contributed by atoms with E-state index in [-0.39, 0.29) is 5.91 Å². The number of methoxy groups -OCH3 is 1. The summed E-state index contributed by atoms with van der Waals surface area (Å²) >= 11 is 1.51. The van der Waals surface area contributed by atoms with E-state index < -0.39 is 0 Å². The molecule has 1 aromatic carbocycles. The zero-order chi connectivity index (χ0) is 16.8. The average Bonchev–Trinajstić information content (AvgIpc) is 2.87. The van der Waals surface area contributed by atoms with Crippen molar-refractivity contribution in [2.75, 3.05) is 13.7 Å². The predicted octanol–water partition coefficient (Wildman–Crippen LogP) is 3.63. The summed E-state index contributed by atoms with van der Waals surface area (Å²) < 4.78 is 5.14. The lowest BCUT2D eigenvalue weighted by atomic mass is 10.1. The van der Waals surface area contributed by atoms with Crippen LogP contribution < -0.4 is 10.1 Å². The van der Waals surface area contributed by atoms with Gasteiger partial charge in [-0.2, -0.15) is 0 Å². The molecule has 2 aromatic rings. The van der Waals surface area contributed by atoms with Crippen LogP contribution >= 0.6 is 11.3 Å². The Morgan fingerprint density at radius 2 is 2.00 bits per heavy atom. The molecule has 23 heavy (non-hydrogen) atoms. The van der Waals surface area contributed by atoms with Crippen LogP contribution in [0.15, 0.2) is 24.3 Å². The summed E-state index contributed by atoms with van der Waals surface area (Å²) in [6.07, 6.45) is 1.72. The Bertz CT molecular complexity index is 648. The number of hydrogen-bond donors (Lipinski definition) is 1. The molecule has 0 bridgehead atoms. The molecule has 0 spiro atoms. The second-order valence-electron chi connectivity index (χ2n) is 5.97. The minimum absolute atomic E-state index is 0.0245. The SMILES string of the molecule is COc1ccc(CCNC(=O)c2sc(CC(C)C)nc2C)cc1. The highest BCUT2D eigenvalue weighted by Gasteiger charge is 2.15. The van der Waals surface area contributed by atoms with Crippen molar-refractivity contribution in [3.05, 3.63) is 45.4 Å². The Kier molecular flexibility index (Phi) is 6.16. The Labute approximate surface area is 141 Å². The molecule has 5 heteroatoms. The Balaban J connectivity index is 1.87. The van der Waals surface area contributed by atoms with E-state index in [1.54, 1.807) is 7.11 Å². The van der Waals surface area contributed by atoms with Gasteiger partial charge in [-0.1, -0.05) is 26.0 Å². The molecule has 0 aliphatic rings. The number of nitrogens with zero attached hydrogens (tertiary/aromatic N) is 1. The van der Waals surface area contributed by atoms with E-state index in [0.29, 0.717) is 12.5 Å². The van der Waals surface area contributed by atoms with Crippen molar-refractivity contribution in [1.82, 2.24) is 10.3 Å². The van der Waals surface area contributed by atoms with Crippen LogP contribution in [0.4, 0.5) is 0 Å². The van der Waals surface area contributed by atoms with Crippen LogP contribution in [0.1, 0.15) is 39.8 Å². The van der Waals surface area contributed by atoms with Gasteiger partial charge in [0.1, 0.15) is 10.6 Å². The van der Waals surface area contributed by atoms with Gasteiger partial charge in [-0.05, 0) is 37.0 Å². The maximum atomic E-state index is 12.3. The van der Waals surface area contributed by atoms with Gasteiger partial charge in [0.05, 0.1) is 17.8 Å². The molecule has 0 atom stereocenters. The molecule has 0 aliphatic heterocycles. The van der Waals surface area contributed by atoms with E-state index in [0.717, 1.165) is 34.2 Å². The van der Waals surface area contributed by atoms with E-state index in [4.69, 9.17) is 4.74 Å². The Hall–Kier alpha value is -1.88. The number of benzene rings is 1. The molecule has 0 radical (unpaired) electrons. The van der Waals surface area contributed by atoms with Crippen molar-refractivity contribution in [2.45, 2.75) is 33.6 Å². The summed E-state index contributed by atoms with van der Waals surface area (Å²) in [5.74, 6) is 1.37. The second-order valence-corrected chi connectivity index (χ2v) is 7.06. The molecule has 124 valence electrons. The van der Waals surface area contributed by atoms with E-state index in [1.807, 2.05) is 31.2 Å². The number of carbonyl (C=O) groups excluding carboxylic acids is 1. The zero-order valence-corrected chi connectivity index (χ0v) is 15.0. The number of thiazole rings is 1. The van der Waals surface area contributed by atoms with Gasteiger partial charge < -0.3 is 10.1 Å². The first-order valence-electron chi connectivity index (χ1n) is 7.87. The van der Waals surface area contributed by atoms with Crippen molar-refractivity contribution in [2.24, 2.45) is 5.92 Å². The van der Waals surface area contributed by atoms with Gasteiger partial charge in [-0.15, -0.1) is 11.3 Å². The monoisotopic (exact) mass is 332 g/mol. The summed E-state index contributed by atoms with van der Waals surface area (Å²) in [5.41, 5.74) is 2.00. The minimum atomic E-state index is -0.0245. The first-order chi connectivity index (χ1) is 11.0. The second kappa shape index (κ2) is 8.11. The Morgan fingerprint density at radius 3 is 2.61 bits per heavy atom. The summed E-state index contributed by atoms with van der Waals surface area (Å²) in [7, 11) is 1.65. The highest BCUT2D eigenvalue weighted by Crippen LogP contribution is 2.20. The lowest BCUT2D eigenvalue weighted by molar-refractivity contribution is 0.0957. The molecular formula is C18H24N2O2S.